The summed E-state index contributed by atoms with van der Waals surface area (Å²) >= 11 is 0. The average molecular weight is 212 g/mol. The van der Waals surface area contributed by atoms with Crippen molar-refractivity contribution in [3.63, 3.8) is 0 Å². The first kappa shape index (κ1) is 9.86. The maximum absolute atomic E-state index is 9.10. The van der Waals surface area contributed by atoms with E-state index >= 15 is 0 Å². The smallest absolute Gasteiger partial charge is 0.0672 e. The second-order valence-electron chi connectivity index (χ2n) is 5.06. The van der Waals surface area contributed by atoms with Crippen LogP contribution in [0.15, 0.2) is 30.3 Å². The molecule has 16 heavy (non-hydrogen) atoms. The van der Waals surface area contributed by atoms with Crippen LogP contribution in [0.3, 0.4) is 0 Å². The van der Waals surface area contributed by atoms with E-state index in [0.29, 0.717) is 6.04 Å². The van der Waals surface area contributed by atoms with Gasteiger partial charge in [-0.25, -0.2) is 0 Å². The van der Waals surface area contributed by atoms with E-state index in [2.05, 4.69) is 41.3 Å². The van der Waals surface area contributed by atoms with Crippen molar-refractivity contribution < 1.29 is 0 Å². The predicted octanol–water partition coefficient (Wildman–Crippen LogP) is 2.42. The fraction of sp³-hybridized carbons (Fsp3) is 0.500. The Balaban J connectivity index is 1.72. The van der Waals surface area contributed by atoms with Crippen molar-refractivity contribution >= 4 is 0 Å². The van der Waals surface area contributed by atoms with Crippen LogP contribution in [0.1, 0.15) is 18.4 Å². The van der Waals surface area contributed by atoms with Crippen LogP contribution in [-0.4, -0.2) is 17.5 Å². The van der Waals surface area contributed by atoms with Gasteiger partial charge >= 0.3 is 0 Å². The van der Waals surface area contributed by atoms with Crippen molar-refractivity contribution in [2.24, 2.45) is 11.8 Å². The molecule has 2 fully saturated rings. The van der Waals surface area contributed by atoms with E-state index in [1.165, 1.54) is 18.5 Å². The van der Waals surface area contributed by atoms with Gasteiger partial charge in [-0.1, -0.05) is 30.3 Å². The highest BCUT2D eigenvalue weighted by molar-refractivity contribution is 5.16. The van der Waals surface area contributed by atoms with E-state index in [0.717, 1.165) is 18.9 Å². The van der Waals surface area contributed by atoms with Gasteiger partial charge in [-0.05, 0) is 24.3 Å². The van der Waals surface area contributed by atoms with E-state index in [1.807, 2.05) is 0 Å². The van der Waals surface area contributed by atoms with E-state index < -0.39 is 0 Å². The lowest BCUT2D eigenvalue weighted by molar-refractivity contribution is 0.175. The molecule has 2 nitrogen and oxygen atoms in total. The number of piperidine rings is 1. The molecule has 2 bridgehead atoms. The third-order valence-electron chi connectivity index (χ3n) is 3.98. The Hall–Kier alpha value is -1.33. The van der Waals surface area contributed by atoms with E-state index in [4.69, 9.17) is 5.26 Å². The maximum atomic E-state index is 9.10. The molecule has 1 heterocycles. The second-order valence-corrected chi connectivity index (χ2v) is 5.06. The van der Waals surface area contributed by atoms with Gasteiger partial charge in [0.15, 0.2) is 0 Å². The molecule has 1 aliphatic carbocycles. The number of fused-ring (bicyclic) bond motifs is 2. The molecule has 1 aliphatic heterocycles. The third-order valence-corrected chi connectivity index (χ3v) is 3.98. The van der Waals surface area contributed by atoms with Crippen molar-refractivity contribution in [3.05, 3.63) is 35.9 Å². The topological polar surface area (TPSA) is 27.0 Å². The summed E-state index contributed by atoms with van der Waals surface area (Å²) in [6, 6.07) is 13.6. The Kier molecular flexibility index (Phi) is 2.41. The summed E-state index contributed by atoms with van der Waals surface area (Å²) in [5, 5.41) is 9.10. The molecular formula is C14H16N2. The van der Waals surface area contributed by atoms with Gasteiger partial charge in [0.05, 0.1) is 12.0 Å². The SMILES string of the molecule is N#C[C@H]1C[C@H]2C[C@H]1N(Cc1ccccc1)C2. The zero-order valence-electron chi connectivity index (χ0n) is 9.34. The molecule has 1 aromatic rings. The monoisotopic (exact) mass is 212 g/mol. The molecule has 0 N–H and O–H groups in total. The van der Waals surface area contributed by atoms with Crippen LogP contribution >= 0.6 is 0 Å². The van der Waals surface area contributed by atoms with Crippen LogP contribution < -0.4 is 0 Å². The summed E-state index contributed by atoms with van der Waals surface area (Å²) in [6.07, 6.45) is 2.37. The number of hydrogen-bond acceptors (Lipinski definition) is 2. The Morgan fingerprint density at radius 2 is 2.06 bits per heavy atom. The minimum Gasteiger partial charge on any atom is -0.295 e. The predicted molar refractivity (Wildman–Crippen MR) is 62.5 cm³/mol. The highest BCUT2D eigenvalue weighted by atomic mass is 15.2. The molecule has 0 unspecified atom stereocenters. The van der Waals surface area contributed by atoms with Gasteiger partial charge in [0.2, 0.25) is 0 Å². The van der Waals surface area contributed by atoms with Gasteiger partial charge in [-0.2, -0.15) is 5.26 Å². The van der Waals surface area contributed by atoms with Crippen LogP contribution in [0, 0.1) is 23.2 Å². The number of nitrogens with zero attached hydrogens (tertiary/aromatic N) is 2. The van der Waals surface area contributed by atoms with Crippen molar-refractivity contribution in [3.8, 4) is 6.07 Å². The summed E-state index contributed by atoms with van der Waals surface area (Å²) in [4.78, 5) is 2.50. The number of hydrogen-bond donors (Lipinski definition) is 0. The first-order chi connectivity index (χ1) is 7.86. The molecule has 3 atom stereocenters. The summed E-state index contributed by atoms with van der Waals surface area (Å²) in [5.41, 5.74) is 1.37. The summed E-state index contributed by atoms with van der Waals surface area (Å²) in [6.45, 7) is 2.21. The number of likely N-dealkylation sites (tertiary alicyclic amines) is 1. The molecule has 1 saturated heterocycles. The molecule has 0 radical (unpaired) electrons. The average Bonchev–Trinajstić information content (AvgIpc) is 2.89. The van der Waals surface area contributed by atoms with Crippen LogP contribution in [0.5, 0.6) is 0 Å². The highest BCUT2D eigenvalue weighted by Gasteiger charge is 2.44. The van der Waals surface area contributed by atoms with E-state index in [9.17, 15) is 0 Å². The van der Waals surface area contributed by atoms with Gasteiger partial charge in [-0.3, -0.25) is 4.90 Å². The number of nitriles is 1. The molecule has 1 aromatic carbocycles. The Morgan fingerprint density at radius 3 is 2.75 bits per heavy atom. The zero-order chi connectivity index (χ0) is 11.0. The van der Waals surface area contributed by atoms with E-state index in [-0.39, 0.29) is 5.92 Å². The molecule has 2 heteroatoms. The first-order valence-electron chi connectivity index (χ1n) is 6.04. The molecule has 3 rings (SSSR count). The van der Waals surface area contributed by atoms with Crippen LogP contribution in [0.25, 0.3) is 0 Å². The Morgan fingerprint density at radius 1 is 1.25 bits per heavy atom. The molecule has 0 amide bonds. The van der Waals surface area contributed by atoms with Gasteiger partial charge < -0.3 is 0 Å². The summed E-state index contributed by atoms with van der Waals surface area (Å²) in [5.74, 6) is 1.06. The van der Waals surface area contributed by atoms with Crippen molar-refractivity contribution in [1.82, 2.24) is 4.90 Å². The van der Waals surface area contributed by atoms with Gasteiger partial charge in [-0.15, -0.1) is 0 Å². The van der Waals surface area contributed by atoms with Gasteiger partial charge in [0.1, 0.15) is 0 Å². The molecule has 2 aliphatic rings. The third kappa shape index (κ3) is 1.62. The standard InChI is InChI=1S/C14H16N2/c15-8-13-6-12-7-14(13)16(10-12)9-11-4-2-1-3-5-11/h1-5,12-14H,6-7,9-10H2/t12-,13+,14+/m0/s1. The van der Waals surface area contributed by atoms with Gasteiger partial charge in [0, 0.05) is 19.1 Å². The van der Waals surface area contributed by atoms with E-state index in [1.54, 1.807) is 0 Å². The van der Waals surface area contributed by atoms with Gasteiger partial charge in [0.25, 0.3) is 0 Å². The van der Waals surface area contributed by atoms with Crippen LogP contribution in [0.4, 0.5) is 0 Å². The van der Waals surface area contributed by atoms with Crippen molar-refractivity contribution in [2.75, 3.05) is 6.54 Å². The van der Waals surface area contributed by atoms with Crippen molar-refractivity contribution in [2.45, 2.75) is 25.4 Å². The quantitative estimate of drug-likeness (QED) is 0.752. The zero-order valence-corrected chi connectivity index (χ0v) is 9.34. The van der Waals surface area contributed by atoms with Crippen LogP contribution in [0.2, 0.25) is 0 Å². The minimum atomic E-state index is 0.280. The van der Waals surface area contributed by atoms with Crippen LogP contribution in [-0.2, 0) is 6.54 Å². The first-order valence-corrected chi connectivity index (χ1v) is 6.04. The fourth-order valence-electron chi connectivity index (χ4n) is 3.28. The largest absolute Gasteiger partial charge is 0.295 e. The molecule has 1 saturated carbocycles. The molecule has 82 valence electrons. The Labute approximate surface area is 96.5 Å². The normalized spacial score (nSPS) is 32.8. The second kappa shape index (κ2) is 3.92. The maximum Gasteiger partial charge on any atom is 0.0672 e. The fourth-order valence-corrected chi connectivity index (χ4v) is 3.28. The number of rotatable bonds is 2. The minimum absolute atomic E-state index is 0.280. The Bertz CT molecular complexity index is 406. The summed E-state index contributed by atoms with van der Waals surface area (Å²) < 4.78 is 0. The molecule has 0 aromatic heterocycles. The number of benzene rings is 1. The molecular weight excluding hydrogens is 196 g/mol. The van der Waals surface area contributed by atoms with Crippen molar-refractivity contribution in [1.29, 1.82) is 5.26 Å². The lowest BCUT2D eigenvalue weighted by Crippen LogP contribution is -2.36. The summed E-state index contributed by atoms with van der Waals surface area (Å²) in [7, 11) is 0. The highest BCUT2D eigenvalue weighted by Crippen LogP contribution is 2.41. The lowest BCUT2D eigenvalue weighted by Gasteiger charge is -2.29. The lowest BCUT2D eigenvalue weighted by atomic mass is 9.99. The molecule has 0 spiro atoms.